The third-order valence-corrected chi connectivity index (χ3v) is 6.22. The van der Waals surface area contributed by atoms with E-state index in [2.05, 4.69) is 24.1 Å². The Morgan fingerprint density at radius 2 is 1.87 bits per heavy atom. The van der Waals surface area contributed by atoms with Crippen LogP contribution in [0, 0.1) is 17.8 Å². The molecule has 2 heterocycles. The molecule has 3 rings (SSSR count). The normalized spacial score (nSPS) is 36.3. The van der Waals surface area contributed by atoms with Crippen LogP contribution in [-0.4, -0.2) is 49.2 Å². The van der Waals surface area contributed by atoms with E-state index in [0.717, 1.165) is 76.0 Å². The van der Waals surface area contributed by atoms with Gasteiger partial charge >= 0.3 is 0 Å². The van der Waals surface area contributed by atoms with Crippen molar-refractivity contribution in [2.75, 3.05) is 26.2 Å². The van der Waals surface area contributed by atoms with Crippen LogP contribution in [-0.2, 0) is 9.53 Å². The smallest absolute Gasteiger partial charge is 0.251 e. The lowest BCUT2D eigenvalue weighted by atomic mass is 9.88. The zero-order chi connectivity index (χ0) is 16.2. The molecule has 0 aromatic heterocycles. The highest BCUT2D eigenvalue weighted by atomic mass is 16.5. The lowest BCUT2D eigenvalue weighted by molar-refractivity contribution is -0.149. The fourth-order valence-electron chi connectivity index (χ4n) is 4.71. The predicted octanol–water partition coefficient (Wildman–Crippen LogP) is 2.82. The van der Waals surface area contributed by atoms with Gasteiger partial charge in [0.05, 0.1) is 6.10 Å². The standard InChI is InChI=1S/C19H34N2O2/c1-3-18(23-17-6-4-5-14(2)11-17)19(22)21-9-7-15-12-20-13-16(15)8-10-21/h14-18,20H,3-13H2,1-2H3/t14?,15-,16+,17?,18?. The third-order valence-electron chi connectivity index (χ3n) is 6.22. The van der Waals surface area contributed by atoms with Crippen molar-refractivity contribution in [2.24, 2.45) is 17.8 Å². The molecule has 0 bridgehead atoms. The van der Waals surface area contributed by atoms with Gasteiger partial charge in [0.1, 0.15) is 6.10 Å². The molecule has 1 saturated carbocycles. The van der Waals surface area contributed by atoms with Crippen LogP contribution in [0.5, 0.6) is 0 Å². The number of carbonyl (C=O) groups excluding carboxylic acids is 1. The van der Waals surface area contributed by atoms with Crippen LogP contribution < -0.4 is 5.32 Å². The molecule has 2 aliphatic heterocycles. The first kappa shape index (κ1) is 17.2. The number of likely N-dealkylation sites (tertiary alicyclic amines) is 1. The van der Waals surface area contributed by atoms with Gasteiger partial charge in [0.25, 0.3) is 5.91 Å². The largest absolute Gasteiger partial charge is 0.365 e. The van der Waals surface area contributed by atoms with Gasteiger partial charge in [-0.05, 0) is 62.9 Å². The first-order valence-corrected chi connectivity index (χ1v) is 9.82. The highest BCUT2D eigenvalue weighted by Gasteiger charge is 2.34. The Kier molecular flexibility index (Phi) is 5.97. The predicted molar refractivity (Wildman–Crippen MR) is 92.2 cm³/mol. The van der Waals surface area contributed by atoms with Crippen molar-refractivity contribution in [2.45, 2.75) is 71.0 Å². The second-order valence-electron chi connectivity index (χ2n) is 8.01. The first-order chi connectivity index (χ1) is 11.2. The Hall–Kier alpha value is -0.610. The van der Waals surface area contributed by atoms with E-state index in [4.69, 9.17) is 4.74 Å². The summed E-state index contributed by atoms with van der Waals surface area (Å²) in [6.45, 7) is 8.51. The maximum Gasteiger partial charge on any atom is 0.251 e. The molecule has 0 aromatic carbocycles. The molecular formula is C19H34N2O2. The van der Waals surface area contributed by atoms with E-state index in [9.17, 15) is 4.79 Å². The first-order valence-electron chi connectivity index (χ1n) is 9.82. The Morgan fingerprint density at radius 1 is 1.17 bits per heavy atom. The van der Waals surface area contributed by atoms with Crippen molar-refractivity contribution in [1.29, 1.82) is 0 Å². The molecule has 0 radical (unpaired) electrons. The maximum absolute atomic E-state index is 12.9. The maximum atomic E-state index is 12.9. The van der Waals surface area contributed by atoms with Crippen LogP contribution in [0.3, 0.4) is 0 Å². The van der Waals surface area contributed by atoms with Crippen molar-refractivity contribution >= 4 is 5.91 Å². The molecule has 132 valence electrons. The highest BCUT2D eigenvalue weighted by molar-refractivity contribution is 5.81. The Bertz CT molecular complexity index is 387. The van der Waals surface area contributed by atoms with Crippen molar-refractivity contribution in [3.05, 3.63) is 0 Å². The molecule has 0 spiro atoms. The summed E-state index contributed by atoms with van der Waals surface area (Å²) in [5, 5.41) is 3.50. The quantitative estimate of drug-likeness (QED) is 0.865. The summed E-state index contributed by atoms with van der Waals surface area (Å²) in [7, 11) is 0. The fraction of sp³-hybridized carbons (Fsp3) is 0.947. The Balaban J connectivity index is 1.54. The van der Waals surface area contributed by atoms with E-state index in [1.165, 1.54) is 12.8 Å². The SMILES string of the molecule is CCC(OC1CCCC(C)C1)C(=O)N1CC[C@@H]2CNC[C@@H]2CC1. The number of nitrogens with one attached hydrogen (secondary N) is 1. The molecular weight excluding hydrogens is 288 g/mol. The average molecular weight is 322 g/mol. The minimum Gasteiger partial charge on any atom is -0.365 e. The van der Waals surface area contributed by atoms with E-state index >= 15 is 0 Å². The molecule has 3 unspecified atom stereocenters. The zero-order valence-electron chi connectivity index (χ0n) is 14.9. The zero-order valence-corrected chi connectivity index (χ0v) is 14.9. The number of hydrogen-bond acceptors (Lipinski definition) is 3. The van der Waals surface area contributed by atoms with Gasteiger partial charge in [0, 0.05) is 13.1 Å². The summed E-state index contributed by atoms with van der Waals surface area (Å²) in [5.74, 6) is 2.53. The summed E-state index contributed by atoms with van der Waals surface area (Å²) >= 11 is 0. The van der Waals surface area contributed by atoms with Gasteiger partial charge in [0.2, 0.25) is 0 Å². The van der Waals surface area contributed by atoms with Gasteiger partial charge in [0.15, 0.2) is 0 Å². The summed E-state index contributed by atoms with van der Waals surface area (Å²) in [6, 6.07) is 0. The number of nitrogens with zero attached hydrogens (tertiary/aromatic N) is 1. The van der Waals surface area contributed by atoms with Crippen LogP contribution in [0.4, 0.5) is 0 Å². The molecule has 3 fully saturated rings. The van der Waals surface area contributed by atoms with E-state index in [0.29, 0.717) is 6.10 Å². The average Bonchev–Trinajstić information content (AvgIpc) is 2.90. The van der Waals surface area contributed by atoms with Crippen LogP contribution in [0.25, 0.3) is 0 Å². The van der Waals surface area contributed by atoms with E-state index in [1.807, 2.05) is 0 Å². The monoisotopic (exact) mass is 322 g/mol. The number of amides is 1. The molecule has 4 nitrogen and oxygen atoms in total. The molecule has 3 aliphatic rings. The van der Waals surface area contributed by atoms with Gasteiger partial charge in [-0.3, -0.25) is 4.79 Å². The third kappa shape index (κ3) is 4.27. The van der Waals surface area contributed by atoms with Crippen LogP contribution >= 0.6 is 0 Å². The lowest BCUT2D eigenvalue weighted by Gasteiger charge is -2.32. The minimum absolute atomic E-state index is 0.221. The van der Waals surface area contributed by atoms with Gasteiger partial charge in [-0.25, -0.2) is 0 Å². The number of hydrogen-bond donors (Lipinski definition) is 1. The summed E-state index contributed by atoms with van der Waals surface area (Å²) in [4.78, 5) is 15.0. The summed E-state index contributed by atoms with van der Waals surface area (Å²) < 4.78 is 6.26. The minimum atomic E-state index is -0.221. The van der Waals surface area contributed by atoms with E-state index in [-0.39, 0.29) is 12.0 Å². The van der Waals surface area contributed by atoms with Crippen molar-refractivity contribution in [3.8, 4) is 0 Å². The fourth-order valence-corrected chi connectivity index (χ4v) is 4.71. The summed E-state index contributed by atoms with van der Waals surface area (Å²) in [5.41, 5.74) is 0. The highest BCUT2D eigenvalue weighted by Crippen LogP contribution is 2.29. The van der Waals surface area contributed by atoms with Crippen molar-refractivity contribution < 1.29 is 9.53 Å². The summed E-state index contributed by atoms with van der Waals surface area (Å²) in [6.07, 6.45) is 7.99. The molecule has 1 amide bonds. The Morgan fingerprint density at radius 3 is 2.48 bits per heavy atom. The number of ether oxygens (including phenoxy) is 1. The van der Waals surface area contributed by atoms with Gasteiger partial charge in [-0.2, -0.15) is 0 Å². The van der Waals surface area contributed by atoms with E-state index < -0.39 is 0 Å². The van der Waals surface area contributed by atoms with Gasteiger partial charge < -0.3 is 15.0 Å². The molecule has 23 heavy (non-hydrogen) atoms. The molecule has 4 heteroatoms. The lowest BCUT2D eigenvalue weighted by Crippen LogP contribution is -2.43. The topological polar surface area (TPSA) is 41.6 Å². The number of carbonyl (C=O) groups is 1. The van der Waals surface area contributed by atoms with Crippen LogP contribution in [0.1, 0.15) is 58.8 Å². The molecule has 1 N–H and O–H groups in total. The second kappa shape index (κ2) is 7.98. The van der Waals surface area contributed by atoms with Gasteiger partial charge in [-0.1, -0.05) is 26.7 Å². The molecule has 2 saturated heterocycles. The number of fused-ring (bicyclic) bond motifs is 1. The molecule has 5 atom stereocenters. The Labute approximate surface area is 141 Å². The van der Waals surface area contributed by atoms with Crippen molar-refractivity contribution in [3.63, 3.8) is 0 Å². The van der Waals surface area contributed by atoms with E-state index in [1.54, 1.807) is 0 Å². The van der Waals surface area contributed by atoms with Crippen molar-refractivity contribution in [1.82, 2.24) is 10.2 Å². The second-order valence-corrected chi connectivity index (χ2v) is 8.01. The van der Waals surface area contributed by atoms with Crippen LogP contribution in [0.2, 0.25) is 0 Å². The molecule has 1 aliphatic carbocycles. The number of rotatable bonds is 4. The van der Waals surface area contributed by atoms with Crippen LogP contribution in [0.15, 0.2) is 0 Å². The molecule has 0 aromatic rings. The van der Waals surface area contributed by atoms with Gasteiger partial charge in [-0.15, -0.1) is 0 Å².